The van der Waals surface area contributed by atoms with Crippen LogP contribution in [-0.2, 0) is 6.54 Å². The Morgan fingerprint density at radius 1 is 1.26 bits per heavy atom. The van der Waals surface area contributed by atoms with Crippen molar-refractivity contribution in [3.8, 4) is 11.5 Å². The van der Waals surface area contributed by atoms with Gasteiger partial charge in [0.05, 0.1) is 13.7 Å². The molecule has 0 saturated heterocycles. The summed E-state index contributed by atoms with van der Waals surface area (Å²) in [7, 11) is 1.64. The zero-order valence-electron chi connectivity index (χ0n) is 12.1. The van der Waals surface area contributed by atoms with Crippen molar-refractivity contribution in [2.75, 3.05) is 26.9 Å². The van der Waals surface area contributed by atoms with Gasteiger partial charge in [0.1, 0.15) is 0 Å². The molecular formula is C15H25NO3. The number of aliphatic hydroxyl groups excluding tert-OH is 1. The van der Waals surface area contributed by atoms with Crippen molar-refractivity contribution in [3.63, 3.8) is 0 Å². The summed E-state index contributed by atoms with van der Waals surface area (Å²) in [5.41, 5.74) is 1.17. The highest BCUT2D eigenvalue weighted by atomic mass is 16.5. The zero-order valence-corrected chi connectivity index (χ0v) is 12.1. The zero-order chi connectivity index (χ0) is 14.1. The predicted molar refractivity (Wildman–Crippen MR) is 76.7 cm³/mol. The topological polar surface area (TPSA) is 50.7 Å². The van der Waals surface area contributed by atoms with Crippen LogP contribution < -0.4 is 14.8 Å². The van der Waals surface area contributed by atoms with Gasteiger partial charge in [-0.2, -0.15) is 0 Å². The Balaban J connectivity index is 2.56. The van der Waals surface area contributed by atoms with Gasteiger partial charge in [-0.05, 0) is 30.2 Å². The molecule has 0 radical (unpaired) electrons. The monoisotopic (exact) mass is 267 g/mol. The SMILES string of the molecule is COc1cc(CNCC(C)C)ccc1OCCCO. The van der Waals surface area contributed by atoms with Crippen LogP contribution in [0.3, 0.4) is 0 Å². The van der Waals surface area contributed by atoms with E-state index < -0.39 is 0 Å². The summed E-state index contributed by atoms with van der Waals surface area (Å²) >= 11 is 0. The standard InChI is InChI=1S/C15H25NO3/c1-12(2)10-16-11-13-5-6-14(15(9-13)18-3)19-8-4-7-17/h5-6,9,12,16-17H,4,7-8,10-11H2,1-3H3. The lowest BCUT2D eigenvalue weighted by molar-refractivity contribution is 0.228. The van der Waals surface area contributed by atoms with Gasteiger partial charge in [-0.25, -0.2) is 0 Å². The molecule has 2 N–H and O–H groups in total. The van der Waals surface area contributed by atoms with Crippen molar-refractivity contribution < 1.29 is 14.6 Å². The highest BCUT2D eigenvalue weighted by Crippen LogP contribution is 2.28. The smallest absolute Gasteiger partial charge is 0.161 e. The second-order valence-electron chi connectivity index (χ2n) is 4.94. The maximum absolute atomic E-state index is 8.74. The fourth-order valence-electron chi connectivity index (χ4n) is 1.69. The number of nitrogens with one attached hydrogen (secondary N) is 1. The number of rotatable bonds is 9. The first-order valence-corrected chi connectivity index (χ1v) is 6.78. The quantitative estimate of drug-likeness (QED) is 0.674. The lowest BCUT2D eigenvalue weighted by Crippen LogP contribution is -2.18. The van der Waals surface area contributed by atoms with Crippen molar-refractivity contribution in [2.45, 2.75) is 26.8 Å². The molecule has 19 heavy (non-hydrogen) atoms. The maximum atomic E-state index is 8.74. The van der Waals surface area contributed by atoms with Crippen LogP contribution in [0.2, 0.25) is 0 Å². The molecule has 0 heterocycles. The summed E-state index contributed by atoms with van der Waals surface area (Å²) in [5, 5.41) is 12.1. The maximum Gasteiger partial charge on any atom is 0.161 e. The highest BCUT2D eigenvalue weighted by molar-refractivity contribution is 5.42. The molecule has 4 nitrogen and oxygen atoms in total. The van der Waals surface area contributed by atoms with E-state index in [0.29, 0.717) is 18.9 Å². The van der Waals surface area contributed by atoms with Crippen LogP contribution in [0.15, 0.2) is 18.2 Å². The number of aliphatic hydroxyl groups is 1. The van der Waals surface area contributed by atoms with Crippen molar-refractivity contribution in [3.05, 3.63) is 23.8 Å². The normalized spacial score (nSPS) is 10.8. The van der Waals surface area contributed by atoms with Crippen LogP contribution in [0, 0.1) is 5.92 Å². The molecule has 0 aliphatic rings. The molecule has 0 unspecified atom stereocenters. The number of hydrogen-bond donors (Lipinski definition) is 2. The molecule has 0 saturated carbocycles. The van der Waals surface area contributed by atoms with Crippen LogP contribution in [0.1, 0.15) is 25.8 Å². The molecule has 1 aromatic carbocycles. The predicted octanol–water partition coefficient (Wildman–Crippen LogP) is 2.20. The Morgan fingerprint density at radius 2 is 2.05 bits per heavy atom. The summed E-state index contributed by atoms with van der Waals surface area (Å²) in [5.74, 6) is 2.10. The molecule has 0 aromatic heterocycles. The average molecular weight is 267 g/mol. The van der Waals surface area contributed by atoms with E-state index in [1.807, 2.05) is 18.2 Å². The van der Waals surface area contributed by atoms with Crippen molar-refractivity contribution in [2.24, 2.45) is 5.92 Å². The Bertz CT molecular complexity index is 366. The minimum Gasteiger partial charge on any atom is -0.493 e. The number of hydrogen-bond acceptors (Lipinski definition) is 4. The Hall–Kier alpha value is -1.26. The van der Waals surface area contributed by atoms with Crippen molar-refractivity contribution >= 4 is 0 Å². The number of methoxy groups -OCH3 is 1. The molecule has 108 valence electrons. The first-order valence-electron chi connectivity index (χ1n) is 6.78. The highest BCUT2D eigenvalue weighted by Gasteiger charge is 2.05. The fraction of sp³-hybridized carbons (Fsp3) is 0.600. The van der Waals surface area contributed by atoms with E-state index in [1.54, 1.807) is 7.11 Å². The molecule has 0 atom stereocenters. The molecular weight excluding hydrogens is 242 g/mol. The summed E-state index contributed by atoms with van der Waals surface area (Å²) in [6, 6.07) is 5.94. The van der Waals surface area contributed by atoms with Gasteiger partial charge >= 0.3 is 0 Å². The molecule has 0 aliphatic heterocycles. The second kappa shape index (κ2) is 8.77. The average Bonchev–Trinajstić information content (AvgIpc) is 2.39. The third-order valence-corrected chi connectivity index (χ3v) is 2.67. The molecule has 1 aromatic rings. The van der Waals surface area contributed by atoms with Crippen LogP contribution in [0.5, 0.6) is 11.5 Å². The first kappa shape index (κ1) is 15.8. The van der Waals surface area contributed by atoms with Gasteiger partial charge in [0, 0.05) is 19.6 Å². The largest absolute Gasteiger partial charge is 0.493 e. The first-order chi connectivity index (χ1) is 9.17. The van der Waals surface area contributed by atoms with E-state index in [-0.39, 0.29) is 6.61 Å². The van der Waals surface area contributed by atoms with E-state index in [2.05, 4.69) is 19.2 Å². The number of benzene rings is 1. The van der Waals surface area contributed by atoms with Crippen LogP contribution in [-0.4, -0.2) is 32.0 Å². The van der Waals surface area contributed by atoms with E-state index in [1.165, 1.54) is 5.56 Å². The van der Waals surface area contributed by atoms with E-state index in [9.17, 15) is 0 Å². The summed E-state index contributed by atoms with van der Waals surface area (Å²) in [4.78, 5) is 0. The van der Waals surface area contributed by atoms with Crippen LogP contribution in [0.4, 0.5) is 0 Å². The van der Waals surface area contributed by atoms with E-state index in [0.717, 1.165) is 24.6 Å². The summed E-state index contributed by atoms with van der Waals surface area (Å²) < 4.78 is 10.9. The Kier molecular flexibility index (Phi) is 7.30. The summed E-state index contributed by atoms with van der Waals surface area (Å²) in [6.45, 7) is 6.83. The second-order valence-corrected chi connectivity index (χ2v) is 4.94. The third-order valence-electron chi connectivity index (χ3n) is 2.67. The molecule has 0 bridgehead atoms. The Morgan fingerprint density at radius 3 is 2.68 bits per heavy atom. The van der Waals surface area contributed by atoms with Gasteiger partial charge in [0.25, 0.3) is 0 Å². The molecule has 0 spiro atoms. The molecule has 1 rings (SSSR count). The van der Waals surface area contributed by atoms with Gasteiger partial charge in [0.2, 0.25) is 0 Å². The molecule has 0 amide bonds. The molecule has 0 aliphatic carbocycles. The van der Waals surface area contributed by atoms with E-state index >= 15 is 0 Å². The van der Waals surface area contributed by atoms with Gasteiger partial charge in [-0.15, -0.1) is 0 Å². The van der Waals surface area contributed by atoms with E-state index in [4.69, 9.17) is 14.6 Å². The van der Waals surface area contributed by atoms with Crippen LogP contribution in [0.25, 0.3) is 0 Å². The number of ether oxygens (including phenoxy) is 2. The minimum absolute atomic E-state index is 0.138. The van der Waals surface area contributed by atoms with Gasteiger partial charge in [-0.3, -0.25) is 0 Å². The Labute approximate surface area is 115 Å². The van der Waals surface area contributed by atoms with Gasteiger partial charge < -0.3 is 19.9 Å². The summed E-state index contributed by atoms with van der Waals surface area (Å²) in [6.07, 6.45) is 0.626. The lowest BCUT2D eigenvalue weighted by Gasteiger charge is -2.13. The third kappa shape index (κ3) is 5.94. The van der Waals surface area contributed by atoms with Gasteiger partial charge in [-0.1, -0.05) is 19.9 Å². The minimum atomic E-state index is 0.138. The lowest BCUT2D eigenvalue weighted by atomic mass is 10.2. The fourth-order valence-corrected chi connectivity index (χ4v) is 1.69. The van der Waals surface area contributed by atoms with Crippen molar-refractivity contribution in [1.29, 1.82) is 0 Å². The van der Waals surface area contributed by atoms with Crippen molar-refractivity contribution in [1.82, 2.24) is 5.32 Å². The van der Waals surface area contributed by atoms with Gasteiger partial charge in [0.15, 0.2) is 11.5 Å². The molecule has 0 fully saturated rings. The molecule has 4 heteroatoms. The van der Waals surface area contributed by atoms with Crippen LogP contribution >= 0.6 is 0 Å².